The van der Waals surface area contributed by atoms with Gasteiger partial charge in [-0.15, -0.1) is 11.3 Å². The number of sulfonamides is 1. The lowest BCUT2D eigenvalue weighted by atomic mass is 10.2. The SMILES string of the molecule is CC1C(=O)NCCN1S(=O)(=O)c1cc(C(=O)O)sc1Br. The van der Waals surface area contributed by atoms with Gasteiger partial charge in [0.05, 0.1) is 3.79 Å². The number of rotatable bonds is 3. The maximum absolute atomic E-state index is 12.5. The molecule has 2 rings (SSSR count). The number of carbonyl (C=O) groups excluding carboxylic acids is 1. The normalized spacial score (nSPS) is 20.7. The van der Waals surface area contributed by atoms with Crippen LogP contribution in [0.5, 0.6) is 0 Å². The van der Waals surface area contributed by atoms with Gasteiger partial charge in [-0.05, 0) is 28.9 Å². The molecule has 0 saturated carbocycles. The van der Waals surface area contributed by atoms with Crippen molar-refractivity contribution in [1.82, 2.24) is 9.62 Å². The third-order valence-corrected chi connectivity index (χ3v) is 7.11. The zero-order valence-corrected chi connectivity index (χ0v) is 13.5. The minimum atomic E-state index is -3.91. The van der Waals surface area contributed by atoms with Crippen LogP contribution in [0.2, 0.25) is 0 Å². The summed E-state index contributed by atoms with van der Waals surface area (Å²) < 4.78 is 26.3. The van der Waals surface area contributed by atoms with E-state index in [4.69, 9.17) is 5.11 Å². The molecule has 0 aromatic carbocycles. The van der Waals surface area contributed by atoms with Crippen molar-refractivity contribution in [3.05, 3.63) is 14.7 Å². The van der Waals surface area contributed by atoms with Crippen molar-refractivity contribution in [2.24, 2.45) is 0 Å². The summed E-state index contributed by atoms with van der Waals surface area (Å²) in [6.45, 7) is 1.88. The lowest BCUT2D eigenvalue weighted by Gasteiger charge is -2.31. The van der Waals surface area contributed by atoms with E-state index in [1.807, 2.05) is 0 Å². The van der Waals surface area contributed by atoms with Crippen molar-refractivity contribution >= 4 is 49.2 Å². The van der Waals surface area contributed by atoms with Gasteiger partial charge >= 0.3 is 5.97 Å². The summed E-state index contributed by atoms with van der Waals surface area (Å²) in [6, 6.07) is 0.278. The Hall–Kier alpha value is -0.970. The third kappa shape index (κ3) is 2.60. The van der Waals surface area contributed by atoms with E-state index in [0.29, 0.717) is 0 Å². The van der Waals surface area contributed by atoms with Crippen LogP contribution >= 0.6 is 27.3 Å². The molecule has 0 bridgehead atoms. The number of nitrogens with zero attached hydrogens (tertiary/aromatic N) is 1. The Kier molecular flexibility index (Phi) is 4.19. The minimum absolute atomic E-state index is 0.0791. The number of nitrogens with one attached hydrogen (secondary N) is 1. The van der Waals surface area contributed by atoms with Crippen LogP contribution in [0.4, 0.5) is 0 Å². The predicted molar refractivity (Wildman–Crippen MR) is 75.3 cm³/mol. The highest BCUT2D eigenvalue weighted by molar-refractivity contribution is 9.11. The molecular formula is C10H11BrN2O5S2. The van der Waals surface area contributed by atoms with E-state index in [1.165, 1.54) is 6.92 Å². The van der Waals surface area contributed by atoms with E-state index < -0.39 is 22.0 Å². The van der Waals surface area contributed by atoms with Crippen LogP contribution in [0.3, 0.4) is 0 Å². The predicted octanol–water partition coefficient (Wildman–Crippen LogP) is 0.718. The summed E-state index contributed by atoms with van der Waals surface area (Å²) in [4.78, 5) is 22.3. The zero-order chi connectivity index (χ0) is 15.1. The fraction of sp³-hybridized carbons (Fsp3) is 0.400. The Labute approximate surface area is 127 Å². The molecule has 10 heteroatoms. The first kappa shape index (κ1) is 15.4. The van der Waals surface area contributed by atoms with E-state index >= 15 is 0 Å². The fourth-order valence-electron chi connectivity index (χ4n) is 1.85. The topological polar surface area (TPSA) is 104 Å². The van der Waals surface area contributed by atoms with E-state index in [-0.39, 0.29) is 32.6 Å². The first-order chi connectivity index (χ1) is 9.25. The molecule has 1 amide bonds. The number of aromatic carboxylic acids is 1. The Bertz CT molecular complexity index is 669. The molecule has 1 aliphatic heterocycles. The van der Waals surface area contributed by atoms with Crippen molar-refractivity contribution in [2.75, 3.05) is 13.1 Å². The highest BCUT2D eigenvalue weighted by atomic mass is 79.9. The first-order valence-corrected chi connectivity index (χ1v) is 8.62. The van der Waals surface area contributed by atoms with E-state index in [1.54, 1.807) is 0 Å². The number of carbonyl (C=O) groups is 2. The van der Waals surface area contributed by atoms with Crippen molar-refractivity contribution in [3.8, 4) is 0 Å². The standard InChI is InChI=1S/C10H11BrN2O5S2/c1-5-9(14)12-2-3-13(5)20(17,18)7-4-6(10(15)16)19-8(7)11/h4-5H,2-3H2,1H3,(H,12,14)(H,15,16). The average Bonchev–Trinajstić information content (AvgIpc) is 2.75. The van der Waals surface area contributed by atoms with Crippen LogP contribution in [0.1, 0.15) is 16.6 Å². The number of hydrogen-bond donors (Lipinski definition) is 2. The van der Waals surface area contributed by atoms with E-state index in [0.717, 1.165) is 21.7 Å². The highest BCUT2D eigenvalue weighted by Gasteiger charge is 2.37. The lowest BCUT2D eigenvalue weighted by Crippen LogP contribution is -2.55. The summed E-state index contributed by atoms with van der Waals surface area (Å²) >= 11 is 3.90. The van der Waals surface area contributed by atoms with Crippen LogP contribution in [-0.2, 0) is 14.8 Å². The van der Waals surface area contributed by atoms with Gasteiger partial charge in [-0.25, -0.2) is 13.2 Å². The molecule has 1 saturated heterocycles. The molecular weight excluding hydrogens is 372 g/mol. The average molecular weight is 383 g/mol. The maximum Gasteiger partial charge on any atom is 0.345 e. The van der Waals surface area contributed by atoms with Crippen molar-refractivity contribution in [1.29, 1.82) is 0 Å². The molecule has 0 spiro atoms. The van der Waals surface area contributed by atoms with Gasteiger partial charge in [-0.1, -0.05) is 0 Å². The second-order valence-corrected chi connectivity index (χ2v) is 8.37. The molecule has 1 aromatic heterocycles. The van der Waals surface area contributed by atoms with E-state index in [9.17, 15) is 18.0 Å². The molecule has 1 aromatic rings. The maximum atomic E-state index is 12.5. The zero-order valence-electron chi connectivity index (χ0n) is 10.3. The second-order valence-electron chi connectivity index (χ2n) is 4.14. The molecule has 0 radical (unpaired) electrons. The number of thiophene rings is 1. The van der Waals surface area contributed by atoms with Crippen molar-refractivity contribution < 1.29 is 23.1 Å². The number of hydrogen-bond acceptors (Lipinski definition) is 5. The van der Waals surface area contributed by atoms with Gasteiger partial charge in [0.25, 0.3) is 0 Å². The summed E-state index contributed by atoms with van der Waals surface area (Å²) in [7, 11) is -3.91. The highest BCUT2D eigenvalue weighted by Crippen LogP contribution is 2.34. The molecule has 110 valence electrons. The molecule has 2 heterocycles. The Balaban J connectivity index is 2.44. The van der Waals surface area contributed by atoms with Gasteiger partial charge in [-0.2, -0.15) is 4.31 Å². The molecule has 20 heavy (non-hydrogen) atoms. The molecule has 1 atom stereocenters. The summed E-state index contributed by atoms with van der Waals surface area (Å²) in [6.07, 6.45) is 0. The number of amides is 1. The summed E-state index contributed by atoms with van der Waals surface area (Å²) in [5.74, 6) is -1.56. The van der Waals surface area contributed by atoms with Gasteiger partial charge in [0.1, 0.15) is 15.8 Å². The molecule has 1 aliphatic rings. The van der Waals surface area contributed by atoms with Crippen molar-refractivity contribution in [2.45, 2.75) is 17.9 Å². The minimum Gasteiger partial charge on any atom is -0.477 e. The number of carboxylic acid groups (broad SMARTS) is 1. The number of piperazine rings is 1. The van der Waals surface area contributed by atoms with Crippen molar-refractivity contribution in [3.63, 3.8) is 0 Å². The Morgan fingerprint density at radius 1 is 1.60 bits per heavy atom. The van der Waals surface area contributed by atoms with Gasteiger partial charge in [0.15, 0.2) is 0 Å². The number of halogens is 1. The molecule has 2 N–H and O–H groups in total. The van der Waals surface area contributed by atoms with Crippen LogP contribution in [-0.4, -0.2) is 48.8 Å². The van der Waals surface area contributed by atoms with Gasteiger partial charge in [0, 0.05) is 13.1 Å². The van der Waals surface area contributed by atoms with Crippen LogP contribution in [0.25, 0.3) is 0 Å². The quantitative estimate of drug-likeness (QED) is 0.801. The lowest BCUT2D eigenvalue weighted by molar-refractivity contribution is -0.126. The Morgan fingerprint density at radius 2 is 2.25 bits per heavy atom. The van der Waals surface area contributed by atoms with Crippen LogP contribution in [0.15, 0.2) is 14.7 Å². The molecule has 0 aliphatic carbocycles. The number of carboxylic acids is 1. The largest absolute Gasteiger partial charge is 0.477 e. The summed E-state index contributed by atoms with van der Waals surface area (Å²) in [5, 5.41) is 11.5. The van der Waals surface area contributed by atoms with E-state index in [2.05, 4.69) is 21.2 Å². The third-order valence-electron chi connectivity index (χ3n) is 2.90. The molecule has 1 fully saturated rings. The summed E-state index contributed by atoms with van der Waals surface area (Å²) in [5.41, 5.74) is 0. The van der Waals surface area contributed by atoms with Crippen LogP contribution < -0.4 is 5.32 Å². The smallest absolute Gasteiger partial charge is 0.345 e. The van der Waals surface area contributed by atoms with Crippen LogP contribution in [0, 0.1) is 0 Å². The Morgan fingerprint density at radius 3 is 2.80 bits per heavy atom. The molecule has 7 nitrogen and oxygen atoms in total. The van der Waals surface area contributed by atoms with Gasteiger partial charge < -0.3 is 10.4 Å². The fourth-order valence-corrected chi connectivity index (χ4v) is 5.80. The first-order valence-electron chi connectivity index (χ1n) is 5.57. The van der Waals surface area contributed by atoms with Gasteiger partial charge in [-0.3, -0.25) is 4.79 Å². The van der Waals surface area contributed by atoms with Gasteiger partial charge in [0.2, 0.25) is 15.9 Å². The second kappa shape index (κ2) is 5.43. The molecule has 1 unspecified atom stereocenters. The monoisotopic (exact) mass is 382 g/mol.